The predicted molar refractivity (Wildman–Crippen MR) is 107 cm³/mol. The first kappa shape index (κ1) is 25.6. The van der Waals surface area contributed by atoms with Crippen LogP contribution in [0.5, 0.6) is 0 Å². The van der Waals surface area contributed by atoms with Crippen LogP contribution in [0, 0.1) is 5.92 Å². The zero-order valence-electron chi connectivity index (χ0n) is 18.4. The van der Waals surface area contributed by atoms with Crippen LogP contribution in [-0.4, -0.2) is 121 Å². The van der Waals surface area contributed by atoms with Gasteiger partial charge in [-0.3, -0.25) is 4.79 Å². The second-order valence-corrected chi connectivity index (χ2v) is 8.96. The number of fused-ring (bicyclic) bond motifs is 1. The SMILES string of the molecule is CC1=CC(=O)[C@]2(O[C@H]3O[C@@H](C)[C@H](O)[C@@H](O)[C@@H]3O)C=CO[C@@H](O[C@H]3O[C@@H](CO)[C@H](O)[C@@H](O)[C@@H]3O)[C@H]12. The summed E-state index contributed by atoms with van der Waals surface area (Å²) in [6.45, 7) is 2.42. The molecule has 1 aliphatic carbocycles. The number of carbonyl (C=O) groups is 1. The van der Waals surface area contributed by atoms with E-state index in [9.17, 15) is 40.5 Å². The Morgan fingerprint density at radius 2 is 1.56 bits per heavy atom. The lowest BCUT2D eigenvalue weighted by Gasteiger charge is -2.46. The summed E-state index contributed by atoms with van der Waals surface area (Å²) >= 11 is 0. The molecule has 0 aromatic rings. The van der Waals surface area contributed by atoms with Gasteiger partial charge in [0.05, 0.1) is 24.9 Å². The lowest BCUT2D eigenvalue weighted by atomic mass is 9.83. The van der Waals surface area contributed by atoms with E-state index in [0.717, 1.165) is 6.26 Å². The molecule has 2 saturated heterocycles. The lowest BCUT2D eigenvalue weighted by Crippen LogP contribution is -2.63. The van der Waals surface area contributed by atoms with Crippen LogP contribution >= 0.6 is 0 Å². The van der Waals surface area contributed by atoms with Crippen molar-refractivity contribution in [2.45, 2.75) is 87.2 Å². The molecule has 0 aromatic heterocycles. The summed E-state index contributed by atoms with van der Waals surface area (Å²) in [6, 6.07) is 0. The zero-order valence-corrected chi connectivity index (χ0v) is 18.4. The Bertz CT molecular complexity index is 829. The van der Waals surface area contributed by atoms with Crippen molar-refractivity contribution in [3.05, 3.63) is 24.0 Å². The average Bonchev–Trinajstić information content (AvgIpc) is 3.06. The van der Waals surface area contributed by atoms with E-state index in [1.54, 1.807) is 6.92 Å². The number of carbonyl (C=O) groups excluding carboxylic acids is 1. The second kappa shape index (κ2) is 9.52. The molecule has 0 saturated carbocycles. The Hall–Kier alpha value is -1.49. The molecule has 0 aromatic carbocycles. The minimum Gasteiger partial charge on any atom is -0.472 e. The molecule has 13 heteroatoms. The maximum Gasteiger partial charge on any atom is 0.211 e. The van der Waals surface area contributed by atoms with Crippen LogP contribution in [0.2, 0.25) is 0 Å². The Labute approximate surface area is 194 Å². The highest BCUT2D eigenvalue weighted by Crippen LogP contribution is 2.45. The van der Waals surface area contributed by atoms with Crippen molar-refractivity contribution in [2.24, 2.45) is 5.92 Å². The van der Waals surface area contributed by atoms with Gasteiger partial charge in [-0.1, -0.05) is 5.57 Å². The molecular formula is C21H30O13. The van der Waals surface area contributed by atoms with E-state index in [-0.39, 0.29) is 0 Å². The van der Waals surface area contributed by atoms with Crippen molar-refractivity contribution in [1.82, 2.24) is 0 Å². The molecule has 0 bridgehead atoms. The minimum absolute atomic E-state index is 0.461. The maximum absolute atomic E-state index is 13.0. The van der Waals surface area contributed by atoms with Gasteiger partial charge in [0.1, 0.15) is 42.7 Å². The topological polar surface area (TPSA) is 205 Å². The van der Waals surface area contributed by atoms with E-state index in [1.165, 1.54) is 19.1 Å². The fraction of sp³-hybridized carbons (Fsp3) is 0.762. The summed E-state index contributed by atoms with van der Waals surface area (Å²) in [4.78, 5) is 13.0. The van der Waals surface area contributed by atoms with E-state index in [2.05, 4.69) is 0 Å². The van der Waals surface area contributed by atoms with Crippen molar-refractivity contribution in [3.8, 4) is 0 Å². The number of aliphatic hydroxyl groups is 7. The van der Waals surface area contributed by atoms with Gasteiger partial charge in [-0.15, -0.1) is 0 Å². The fourth-order valence-electron chi connectivity index (χ4n) is 4.70. The van der Waals surface area contributed by atoms with Gasteiger partial charge in [-0.25, -0.2) is 0 Å². The summed E-state index contributed by atoms with van der Waals surface area (Å²) in [5, 5.41) is 70.2. The molecule has 13 atom stereocenters. The standard InChI is InChI=1S/C21H30O13/c1-7-5-10(23)21(34-20-17(29)14(26)12(24)8(2)31-20)3-4-30-18(11(7)21)33-19-16(28)15(27)13(25)9(6-22)32-19/h3-5,8-9,11-20,22,24-29H,6H2,1-2H3/t8-,9-,11-,12-,13-,14+,15+,16-,17-,18-,19+,20+,21+/m0/s1. The quantitative estimate of drug-likeness (QED) is 0.199. The molecule has 3 heterocycles. The third-order valence-corrected chi connectivity index (χ3v) is 6.73. The van der Waals surface area contributed by atoms with Crippen molar-refractivity contribution in [1.29, 1.82) is 0 Å². The highest BCUT2D eigenvalue weighted by atomic mass is 16.8. The normalized spacial score (nSPS) is 51.1. The van der Waals surface area contributed by atoms with Crippen molar-refractivity contribution >= 4 is 5.78 Å². The van der Waals surface area contributed by atoms with E-state index >= 15 is 0 Å². The van der Waals surface area contributed by atoms with E-state index in [1.807, 2.05) is 0 Å². The molecule has 2 fully saturated rings. The first-order valence-corrected chi connectivity index (χ1v) is 10.9. The van der Waals surface area contributed by atoms with Crippen molar-refractivity contribution in [2.75, 3.05) is 6.61 Å². The third kappa shape index (κ3) is 4.10. The average molecular weight is 490 g/mol. The number of rotatable bonds is 5. The van der Waals surface area contributed by atoms with Crippen LogP contribution in [0.4, 0.5) is 0 Å². The molecule has 0 radical (unpaired) electrons. The molecular weight excluding hydrogens is 460 g/mol. The lowest BCUT2D eigenvalue weighted by molar-refractivity contribution is -0.353. The van der Waals surface area contributed by atoms with Crippen LogP contribution in [-0.2, 0) is 28.5 Å². The van der Waals surface area contributed by atoms with E-state index in [0.29, 0.717) is 5.57 Å². The van der Waals surface area contributed by atoms with Crippen LogP contribution in [0.1, 0.15) is 13.8 Å². The largest absolute Gasteiger partial charge is 0.472 e. The Morgan fingerprint density at radius 3 is 2.24 bits per heavy atom. The number of hydrogen-bond acceptors (Lipinski definition) is 13. The summed E-state index contributed by atoms with van der Waals surface area (Å²) in [6.07, 6.45) is -12.3. The highest BCUT2D eigenvalue weighted by molar-refractivity contribution is 6.03. The van der Waals surface area contributed by atoms with Gasteiger partial charge in [-0.05, 0) is 26.0 Å². The molecule has 0 unspecified atom stereocenters. The molecule has 0 amide bonds. The number of aliphatic hydroxyl groups excluding tert-OH is 7. The molecule has 0 spiro atoms. The van der Waals surface area contributed by atoms with Gasteiger partial charge in [0, 0.05) is 0 Å². The minimum atomic E-state index is -1.78. The van der Waals surface area contributed by atoms with Crippen LogP contribution in [0.25, 0.3) is 0 Å². The second-order valence-electron chi connectivity index (χ2n) is 8.96. The van der Waals surface area contributed by atoms with Gasteiger partial charge in [-0.2, -0.15) is 0 Å². The molecule has 34 heavy (non-hydrogen) atoms. The molecule has 13 nitrogen and oxygen atoms in total. The zero-order chi connectivity index (χ0) is 24.9. The number of ether oxygens (including phenoxy) is 5. The molecule has 192 valence electrons. The van der Waals surface area contributed by atoms with E-state index < -0.39 is 91.6 Å². The van der Waals surface area contributed by atoms with Gasteiger partial charge >= 0.3 is 0 Å². The molecule has 4 aliphatic rings. The van der Waals surface area contributed by atoms with Gasteiger partial charge in [0.15, 0.2) is 24.0 Å². The summed E-state index contributed by atoms with van der Waals surface area (Å²) < 4.78 is 28.1. The summed E-state index contributed by atoms with van der Waals surface area (Å²) in [7, 11) is 0. The molecule has 7 N–H and O–H groups in total. The number of hydrogen-bond donors (Lipinski definition) is 7. The number of ketones is 1. The molecule has 4 rings (SSSR count). The van der Waals surface area contributed by atoms with E-state index in [4.69, 9.17) is 23.7 Å². The Balaban J connectivity index is 1.58. The fourth-order valence-corrected chi connectivity index (χ4v) is 4.70. The maximum atomic E-state index is 13.0. The van der Waals surface area contributed by atoms with Gasteiger partial charge < -0.3 is 59.4 Å². The Kier molecular flexibility index (Phi) is 7.17. The van der Waals surface area contributed by atoms with Crippen LogP contribution in [0.15, 0.2) is 24.0 Å². The first-order valence-electron chi connectivity index (χ1n) is 10.9. The van der Waals surface area contributed by atoms with Gasteiger partial charge in [0.25, 0.3) is 0 Å². The predicted octanol–water partition coefficient (Wildman–Crippen LogP) is -3.60. The van der Waals surface area contributed by atoms with Crippen LogP contribution in [0.3, 0.4) is 0 Å². The van der Waals surface area contributed by atoms with Crippen LogP contribution < -0.4 is 0 Å². The Morgan fingerprint density at radius 1 is 0.912 bits per heavy atom. The third-order valence-electron chi connectivity index (χ3n) is 6.73. The summed E-state index contributed by atoms with van der Waals surface area (Å²) in [5.41, 5.74) is -1.32. The smallest absolute Gasteiger partial charge is 0.211 e. The van der Waals surface area contributed by atoms with Gasteiger partial charge in [0.2, 0.25) is 6.29 Å². The van der Waals surface area contributed by atoms with Crippen molar-refractivity contribution in [3.63, 3.8) is 0 Å². The molecule has 3 aliphatic heterocycles. The highest BCUT2D eigenvalue weighted by Gasteiger charge is 2.59. The monoisotopic (exact) mass is 490 g/mol. The summed E-state index contributed by atoms with van der Waals surface area (Å²) in [5.74, 6) is -1.49. The first-order chi connectivity index (χ1) is 16.0. The van der Waals surface area contributed by atoms with Crippen molar-refractivity contribution < 1.29 is 64.2 Å².